The number of likely N-dealkylation sites (N-methyl/N-ethyl adjacent to an activating group) is 1. The second kappa shape index (κ2) is 8.05. The lowest BCUT2D eigenvalue weighted by atomic mass is 10.4. The first-order chi connectivity index (χ1) is 6.20. The first-order valence-corrected chi connectivity index (χ1v) is 5.17. The topological polar surface area (TPSA) is 27.6 Å². The summed E-state index contributed by atoms with van der Waals surface area (Å²) in [5.41, 5.74) is 0. The van der Waals surface area contributed by atoms with Gasteiger partial charge in [0.05, 0.1) is 12.9 Å². The van der Waals surface area contributed by atoms with Crippen molar-refractivity contribution in [2.24, 2.45) is 4.99 Å². The Labute approximate surface area is 82.2 Å². The standard InChI is InChI=1S/C10H23N3/c1-5-13(6-2)8-7-11-9-12-10(3)4/h9-10H,5-8H2,1-4H3,(H,11,12). The molecule has 0 aliphatic rings. The molecule has 0 unspecified atom stereocenters. The maximum atomic E-state index is 4.27. The molecule has 0 aliphatic heterocycles. The summed E-state index contributed by atoms with van der Waals surface area (Å²) in [4.78, 5) is 6.64. The second-order valence-corrected chi connectivity index (χ2v) is 3.38. The second-order valence-electron chi connectivity index (χ2n) is 3.38. The minimum Gasteiger partial charge on any atom is -0.374 e. The van der Waals surface area contributed by atoms with Gasteiger partial charge in [-0.2, -0.15) is 0 Å². The molecule has 0 fully saturated rings. The number of rotatable bonds is 7. The van der Waals surface area contributed by atoms with Gasteiger partial charge < -0.3 is 10.2 Å². The highest BCUT2D eigenvalue weighted by Crippen LogP contribution is 1.85. The molecule has 0 atom stereocenters. The van der Waals surface area contributed by atoms with Gasteiger partial charge in [-0.15, -0.1) is 0 Å². The first-order valence-electron chi connectivity index (χ1n) is 5.17. The van der Waals surface area contributed by atoms with E-state index in [4.69, 9.17) is 0 Å². The Morgan fingerprint density at radius 1 is 1.31 bits per heavy atom. The quantitative estimate of drug-likeness (QED) is 0.479. The van der Waals surface area contributed by atoms with Crippen molar-refractivity contribution in [2.75, 3.05) is 26.2 Å². The van der Waals surface area contributed by atoms with E-state index in [1.165, 1.54) is 0 Å². The van der Waals surface area contributed by atoms with Crippen LogP contribution in [-0.4, -0.2) is 43.5 Å². The number of aliphatic imine (C=N–C) groups is 1. The Kier molecular flexibility index (Phi) is 7.69. The summed E-state index contributed by atoms with van der Waals surface area (Å²) in [5, 5.41) is 3.15. The number of nitrogens with zero attached hydrogens (tertiary/aromatic N) is 2. The third-order valence-electron chi connectivity index (χ3n) is 1.94. The van der Waals surface area contributed by atoms with Crippen molar-refractivity contribution >= 4 is 6.34 Å². The monoisotopic (exact) mass is 185 g/mol. The third-order valence-corrected chi connectivity index (χ3v) is 1.94. The molecule has 0 spiro atoms. The fraction of sp³-hybridized carbons (Fsp3) is 0.900. The van der Waals surface area contributed by atoms with Gasteiger partial charge in [0, 0.05) is 12.6 Å². The summed E-state index contributed by atoms with van der Waals surface area (Å²) in [7, 11) is 0. The van der Waals surface area contributed by atoms with E-state index in [1.807, 2.05) is 6.34 Å². The zero-order chi connectivity index (χ0) is 10.1. The summed E-state index contributed by atoms with van der Waals surface area (Å²) in [6.07, 6.45) is 1.81. The molecular formula is C10H23N3. The molecule has 3 heteroatoms. The molecule has 0 saturated heterocycles. The van der Waals surface area contributed by atoms with Crippen LogP contribution in [0.5, 0.6) is 0 Å². The van der Waals surface area contributed by atoms with Crippen LogP contribution < -0.4 is 5.32 Å². The van der Waals surface area contributed by atoms with Crippen molar-refractivity contribution in [1.29, 1.82) is 0 Å². The smallest absolute Gasteiger partial charge is 0.0826 e. The van der Waals surface area contributed by atoms with Gasteiger partial charge in [-0.1, -0.05) is 13.8 Å². The Balaban J connectivity index is 3.37. The van der Waals surface area contributed by atoms with Gasteiger partial charge >= 0.3 is 0 Å². The molecular weight excluding hydrogens is 162 g/mol. The average molecular weight is 185 g/mol. The van der Waals surface area contributed by atoms with Crippen LogP contribution in [0.1, 0.15) is 27.7 Å². The molecule has 0 radical (unpaired) electrons. The van der Waals surface area contributed by atoms with Crippen LogP contribution >= 0.6 is 0 Å². The van der Waals surface area contributed by atoms with Crippen LogP contribution in [0, 0.1) is 0 Å². The van der Waals surface area contributed by atoms with Gasteiger partial charge in [0.25, 0.3) is 0 Å². The predicted octanol–water partition coefficient (Wildman–Crippen LogP) is 1.35. The molecule has 0 saturated carbocycles. The lowest BCUT2D eigenvalue weighted by Gasteiger charge is -2.15. The molecule has 0 aromatic carbocycles. The molecule has 1 N–H and O–H groups in total. The normalized spacial score (nSPS) is 11.8. The molecule has 13 heavy (non-hydrogen) atoms. The van der Waals surface area contributed by atoms with Gasteiger partial charge in [0.1, 0.15) is 0 Å². The zero-order valence-corrected chi connectivity index (χ0v) is 9.38. The summed E-state index contributed by atoms with van der Waals surface area (Å²) >= 11 is 0. The van der Waals surface area contributed by atoms with E-state index >= 15 is 0 Å². The molecule has 0 rings (SSSR count). The molecule has 3 nitrogen and oxygen atoms in total. The van der Waals surface area contributed by atoms with E-state index in [1.54, 1.807) is 0 Å². The Morgan fingerprint density at radius 2 is 1.92 bits per heavy atom. The van der Waals surface area contributed by atoms with Crippen LogP contribution in [0.25, 0.3) is 0 Å². The van der Waals surface area contributed by atoms with Gasteiger partial charge in [-0.3, -0.25) is 4.99 Å². The lowest BCUT2D eigenvalue weighted by molar-refractivity contribution is 0.313. The molecule has 0 aliphatic carbocycles. The highest BCUT2D eigenvalue weighted by atomic mass is 15.1. The molecule has 0 amide bonds. The Morgan fingerprint density at radius 3 is 2.38 bits per heavy atom. The SMILES string of the molecule is CCN(CC)CCN=CNC(C)C. The Hall–Kier alpha value is -0.570. The molecule has 0 heterocycles. The van der Waals surface area contributed by atoms with Crippen molar-refractivity contribution in [3.63, 3.8) is 0 Å². The summed E-state index contributed by atoms with van der Waals surface area (Å²) < 4.78 is 0. The largest absolute Gasteiger partial charge is 0.374 e. The van der Waals surface area contributed by atoms with Gasteiger partial charge in [0.15, 0.2) is 0 Å². The zero-order valence-electron chi connectivity index (χ0n) is 9.38. The lowest BCUT2D eigenvalue weighted by Crippen LogP contribution is -2.26. The van der Waals surface area contributed by atoms with Gasteiger partial charge in [0.2, 0.25) is 0 Å². The van der Waals surface area contributed by atoms with E-state index in [2.05, 4.69) is 42.9 Å². The van der Waals surface area contributed by atoms with Gasteiger partial charge in [-0.05, 0) is 26.9 Å². The third kappa shape index (κ3) is 7.78. The van der Waals surface area contributed by atoms with Crippen LogP contribution in [0.15, 0.2) is 4.99 Å². The minimum absolute atomic E-state index is 0.484. The number of hydrogen-bond donors (Lipinski definition) is 1. The van der Waals surface area contributed by atoms with Crippen molar-refractivity contribution in [1.82, 2.24) is 10.2 Å². The summed E-state index contributed by atoms with van der Waals surface area (Å²) in [5.74, 6) is 0. The number of hydrogen-bond acceptors (Lipinski definition) is 2. The maximum absolute atomic E-state index is 4.27. The highest BCUT2D eigenvalue weighted by Gasteiger charge is 1.95. The van der Waals surface area contributed by atoms with E-state index in [0.717, 1.165) is 26.2 Å². The molecule has 0 aromatic rings. The van der Waals surface area contributed by atoms with Crippen molar-refractivity contribution in [3.05, 3.63) is 0 Å². The summed E-state index contributed by atoms with van der Waals surface area (Å²) in [6, 6.07) is 0.484. The fourth-order valence-electron chi connectivity index (χ4n) is 1.01. The molecule has 0 aromatic heterocycles. The Bertz CT molecular complexity index is 128. The van der Waals surface area contributed by atoms with E-state index in [-0.39, 0.29) is 0 Å². The number of nitrogens with one attached hydrogen (secondary N) is 1. The van der Waals surface area contributed by atoms with Gasteiger partial charge in [-0.25, -0.2) is 0 Å². The highest BCUT2D eigenvalue weighted by molar-refractivity contribution is 5.54. The first kappa shape index (κ1) is 12.4. The van der Waals surface area contributed by atoms with E-state index < -0.39 is 0 Å². The van der Waals surface area contributed by atoms with Crippen LogP contribution in [0.4, 0.5) is 0 Å². The summed E-state index contributed by atoms with van der Waals surface area (Å²) in [6.45, 7) is 12.8. The van der Waals surface area contributed by atoms with Crippen molar-refractivity contribution in [3.8, 4) is 0 Å². The van der Waals surface area contributed by atoms with Crippen molar-refractivity contribution in [2.45, 2.75) is 33.7 Å². The fourth-order valence-corrected chi connectivity index (χ4v) is 1.01. The minimum atomic E-state index is 0.484. The van der Waals surface area contributed by atoms with E-state index in [0.29, 0.717) is 6.04 Å². The average Bonchev–Trinajstić information content (AvgIpc) is 2.11. The molecule has 78 valence electrons. The van der Waals surface area contributed by atoms with Crippen molar-refractivity contribution < 1.29 is 0 Å². The maximum Gasteiger partial charge on any atom is 0.0826 e. The van der Waals surface area contributed by atoms with Crippen LogP contribution in [0.2, 0.25) is 0 Å². The predicted molar refractivity (Wildman–Crippen MR) is 59.4 cm³/mol. The van der Waals surface area contributed by atoms with Crippen LogP contribution in [0.3, 0.4) is 0 Å². The van der Waals surface area contributed by atoms with E-state index in [9.17, 15) is 0 Å². The van der Waals surface area contributed by atoms with Crippen LogP contribution in [-0.2, 0) is 0 Å². The molecule has 0 bridgehead atoms.